The Balaban J connectivity index is 1.79. The normalized spacial score (nSPS) is 30.3. The first-order valence-corrected chi connectivity index (χ1v) is 9.12. The molecule has 5 radical (unpaired) electrons. The molecule has 1 unspecified atom stereocenters. The third kappa shape index (κ3) is 4.20. The molecule has 2 nitrogen and oxygen atoms in total. The summed E-state index contributed by atoms with van der Waals surface area (Å²) in [6, 6.07) is 0.507. The first-order valence-electron chi connectivity index (χ1n) is 7.05. The van der Waals surface area contributed by atoms with Crippen LogP contribution in [0.1, 0.15) is 27.2 Å². The van der Waals surface area contributed by atoms with Gasteiger partial charge in [-0.25, -0.2) is 0 Å². The molecule has 1 heterocycles. The summed E-state index contributed by atoms with van der Waals surface area (Å²) in [6.45, 7) is 7.82. The maximum atomic E-state index is 5.92. The summed E-state index contributed by atoms with van der Waals surface area (Å²) >= 11 is 0.536. The van der Waals surface area contributed by atoms with Crippen LogP contribution in [0.2, 0.25) is 5.32 Å². The van der Waals surface area contributed by atoms with Gasteiger partial charge in [0.1, 0.15) is 0 Å². The Morgan fingerprint density at radius 3 is 2.74 bits per heavy atom. The van der Waals surface area contributed by atoms with Gasteiger partial charge >= 0.3 is 125 Å². The van der Waals surface area contributed by atoms with Gasteiger partial charge in [0, 0.05) is 0 Å². The molecular formula is C16H26NOSe. The van der Waals surface area contributed by atoms with Crippen LogP contribution in [0.25, 0.3) is 0 Å². The minimum atomic E-state index is 0.381. The predicted molar refractivity (Wildman–Crippen MR) is 81.2 cm³/mol. The van der Waals surface area contributed by atoms with Gasteiger partial charge in [0.2, 0.25) is 0 Å². The standard InChI is InChI=1S/C16H26NOSe/c1-12(17(4)5)14-7-6-8-15(14)19-10-13-9-16(2,3)11-18-13/h6-8,12-13H,9-11H2,1-5H3/t12-,13?/m1/s1. The molecule has 2 atom stereocenters. The van der Waals surface area contributed by atoms with Crippen molar-refractivity contribution in [3.8, 4) is 0 Å². The molecule has 19 heavy (non-hydrogen) atoms. The van der Waals surface area contributed by atoms with Gasteiger partial charge in [0.05, 0.1) is 0 Å². The van der Waals surface area contributed by atoms with Crippen molar-refractivity contribution in [1.82, 2.24) is 4.90 Å². The molecule has 0 aromatic rings. The van der Waals surface area contributed by atoms with E-state index < -0.39 is 0 Å². The van der Waals surface area contributed by atoms with E-state index in [0.29, 0.717) is 32.5 Å². The summed E-state index contributed by atoms with van der Waals surface area (Å²) in [6.07, 6.45) is 8.48. The molecule has 0 aromatic heterocycles. The van der Waals surface area contributed by atoms with Gasteiger partial charge in [-0.3, -0.25) is 0 Å². The fraction of sp³-hybridized carbons (Fsp3) is 0.688. The molecule has 3 heteroatoms. The van der Waals surface area contributed by atoms with Crippen molar-refractivity contribution in [3.05, 3.63) is 30.0 Å². The van der Waals surface area contributed by atoms with Gasteiger partial charge < -0.3 is 0 Å². The van der Waals surface area contributed by atoms with E-state index in [9.17, 15) is 0 Å². The van der Waals surface area contributed by atoms with Crippen LogP contribution in [-0.4, -0.2) is 52.7 Å². The second kappa shape index (κ2) is 6.47. The topological polar surface area (TPSA) is 12.5 Å². The Hall–Kier alpha value is 0.439. The van der Waals surface area contributed by atoms with Crippen molar-refractivity contribution in [3.63, 3.8) is 0 Å². The van der Waals surface area contributed by atoms with Crippen LogP contribution in [0, 0.1) is 35.4 Å². The third-order valence-corrected chi connectivity index (χ3v) is 6.51. The average molecular weight is 327 g/mol. The molecule has 1 saturated carbocycles. The number of ether oxygens (including phenoxy) is 1. The van der Waals surface area contributed by atoms with Crippen molar-refractivity contribution in [2.45, 2.75) is 44.7 Å². The van der Waals surface area contributed by atoms with Crippen LogP contribution in [0.15, 0.2) is 0 Å². The Kier molecular flexibility index (Phi) is 5.39. The molecule has 1 aliphatic heterocycles. The molecule has 107 valence electrons. The fourth-order valence-corrected chi connectivity index (χ4v) is 4.97. The number of rotatable bonds is 5. The van der Waals surface area contributed by atoms with Gasteiger partial charge in [0.15, 0.2) is 0 Å². The fourth-order valence-electron chi connectivity index (χ4n) is 2.54. The van der Waals surface area contributed by atoms with Crippen molar-refractivity contribution in [2.24, 2.45) is 5.41 Å². The molecular weight excluding hydrogens is 301 g/mol. The van der Waals surface area contributed by atoms with E-state index in [2.05, 4.69) is 59.0 Å². The second-order valence-corrected chi connectivity index (χ2v) is 8.83. The van der Waals surface area contributed by atoms with Crippen LogP contribution in [-0.2, 0) is 4.74 Å². The van der Waals surface area contributed by atoms with Crippen LogP contribution >= 0.6 is 0 Å². The van der Waals surface area contributed by atoms with E-state index >= 15 is 0 Å². The van der Waals surface area contributed by atoms with E-state index in [0.717, 1.165) is 6.61 Å². The van der Waals surface area contributed by atoms with Gasteiger partial charge in [0.25, 0.3) is 0 Å². The average Bonchev–Trinajstić information content (AvgIpc) is 2.91. The van der Waals surface area contributed by atoms with Gasteiger partial charge in [-0.05, 0) is 0 Å². The maximum absolute atomic E-state index is 5.92. The minimum absolute atomic E-state index is 0.381. The van der Waals surface area contributed by atoms with E-state index in [1.165, 1.54) is 17.7 Å². The summed E-state index contributed by atoms with van der Waals surface area (Å²) < 4.78 is 5.92. The molecule has 2 rings (SSSR count). The Bertz CT molecular complexity index is 292. The summed E-state index contributed by atoms with van der Waals surface area (Å²) in [5.74, 6) is 1.50. The summed E-state index contributed by atoms with van der Waals surface area (Å²) in [4.78, 5) is 3.84. The van der Waals surface area contributed by atoms with Crippen molar-refractivity contribution >= 4 is 15.0 Å². The first-order chi connectivity index (χ1) is 8.89. The van der Waals surface area contributed by atoms with Crippen LogP contribution < -0.4 is 0 Å². The van der Waals surface area contributed by atoms with E-state index in [-0.39, 0.29) is 0 Å². The molecule has 2 fully saturated rings. The zero-order valence-electron chi connectivity index (χ0n) is 12.8. The van der Waals surface area contributed by atoms with Gasteiger partial charge in [-0.15, -0.1) is 0 Å². The SMILES string of the molecule is C[C@H]([C]1[CH][CH][CH][C]1[Se]CC1CC(C)(C)CO1)N(C)C. The first kappa shape index (κ1) is 15.8. The van der Waals surface area contributed by atoms with Crippen LogP contribution in [0.3, 0.4) is 0 Å². The molecule has 0 N–H and O–H groups in total. The van der Waals surface area contributed by atoms with Gasteiger partial charge in [-0.1, -0.05) is 0 Å². The van der Waals surface area contributed by atoms with Crippen molar-refractivity contribution in [2.75, 3.05) is 20.7 Å². The summed E-state index contributed by atoms with van der Waals surface area (Å²) in [5, 5.41) is 1.22. The van der Waals surface area contributed by atoms with Crippen molar-refractivity contribution in [1.29, 1.82) is 0 Å². The van der Waals surface area contributed by atoms with E-state index in [1.807, 2.05) is 0 Å². The molecule has 0 spiro atoms. The third-order valence-electron chi connectivity index (χ3n) is 3.95. The summed E-state index contributed by atoms with van der Waals surface area (Å²) in [5.41, 5.74) is 0.381. The second-order valence-electron chi connectivity index (χ2n) is 6.60. The predicted octanol–water partition coefficient (Wildman–Crippen LogP) is 2.61. The van der Waals surface area contributed by atoms with Gasteiger partial charge in [-0.2, -0.15) is 0 Å². The quantitative estimate of drug-likeness (QED) is 0.720. The molecule has 0 aromatic carbocycles. The van der Waals surface area contributed by atoms with Crippen molar-refractivity contribution < 1.29 is 4.74 Å². The molecule has 2 aliphatic rings. The number of nitrogens with zero attached hydrogens (tertiary/aromatic N) is 1. The zero-order valence-corrected chi connectivity index (χ0v) is 14.5. The summed E-state index contributed by atoms with van der Waals surface area (Å²) in [7, 11) is 4.30. The van der Waals surface area contributed by atoms with Crippen LogP contribution in [0.4, 0.5) is 0 Å². The molecule has 0 bridgehead atoms. The van der Waals surface area contributed by atoms with E-state index in [4.69, 9.17) is 4.74 Å². The number of hydrogen-bond donors (Lipinski definition) is 0. The Morgan fingerprint density at radius 2 is 2.16 bits per heavy atom. The Morgan fingerprint density at radius 1 is 1.42 bits per heavy atom. The Labute approximate surface area is 125 Å². The molecule has 1 aliphatic carbocycles. The molecule has 1 saturated heterocycles. The number of hydrogen-bond acceptors (Lipinski definition) is 2. The van der Waals surface area contributed by atoms with Crippen LogP contribution in [0.5, 0.6) is 0 Å². The van der Waals surface area contributed by atoms with E-state index in [1.54, 1.807) is 4.82 Å². The molecule has 0 amide bonds. The monoisotopic (exact) mass is 328 g/mol. The zero-order chi connectivity index (χ0) is 14.0.